The lowest BCUT2D eigenvalue weighted by atomic mass is 10.1. The van der Waals surface area contributed by atoms with Gasteiger partial charge in [0.2, 0.25) is 0 Å². The summed E-state index contributed by atoms with van der Waals surface area (Å²) in [5.41, 5.74) is -1.45. The van der Waals surface area contributed by atoms with Gasteiger partial charge in [-0.05, 0) is 54.6 Å². The molecule has 0 spiro atoms. The lowest BCUT2D eigenvalue weighted by Gasteiger charge is -2.11. The fraction of sp³-hybridized carbons (Fsp3) is 0.0435. The van der Waals surface area contributed by atoms with E-state index < -0.39 is 33.6 Å². The Morgan fingerprint density at radius 1 is 1.00 bits per heavy atom. The van der Waals surface area contributed by atoms with E-state index in [1.165, 1.54) is 42.6 Å². The topological polar surface area (TPSA) is 118 Å². The molecule has 0 bridgehead atoms. The van der Waals surface area contributed by atoms with Gasteiger partial charge in [-0.15, -0.1) is 11.3 Å². The van der Waals surface area contributed by atoms with Crippen LogP contribution in [-0.2, 0) is 16.2 Å². The maximum Gasteiger partial charge on any atom is 0.433 e. The van der Waals surface area contributed by atoms with E-state index >= 15 is 0 Å². The third-order valence-corrected chi connectivity index (χ3v) is 7.34. The molecule has 15 heteroatoms. The van der Waals surface area contributed by atoms with Crippen LogP contribution >= 0.6 is 11.3 Å². The van der Waals surface area contributed by atoms with Crippen molar-refractivity contribution < 1.29 is 30.8 Å². The number of hydrogen-bond donors (Lipinski definition) is 2. The molecular formula is C23H14F4N6O3S2. The second-order valence-corrected chi connectivity index (χ2v) is 10.3. The van der Waals surface area contributed by atoms with E-state index in [1.807, 2.05) is 0 Å². The van der Waals surface area contributed by atoms with Crippen LogP contribution in [0.4, 0.5) is 28.4 Å². The van der Waals surface area contributed by atoms with Crippen molar-refractivity contribution in [2.24, 2.45) is 0 Å². The predicted molar refractivity (Wildman–Crippen MR) is 131 cm³/mol. The SMILES string of the molecule is O=C(Nc1ccc(S(=O)(=O)Nc2nccs2)cc1)c1cc2nc(-c3ccc(F)cc3)cc(C(F)(F)F)n2n1. The summed E-state index contributed by atoms with van der Waals surface area (Å²) in [5.74, 6) is -1.40. The van der Waals surface area contributed by atoms with Crippen LogP contribution in [0.25, 0.3) is 16.9 Å². The molecule has 0 atom stereocenters. The zero-order chi connectivity index (χ0) is 27.1. The lowest BCUT2D eigenvalue weighted by molar-refractivity contribution is -0.142. The molecule has 38 heavy (non-hydrogen) atoms. The minimum absolute atomic E-state index is 0.0835. The molecule has 0 unspecified atom stereocenters. The van der Waals surface area contributed by atoms with Crippen molar-refractivity contribution >= 4 is 43.7 Å². The number of nitrogens with one attached hydrogen (secondary N) is 2. The summed E-state index contributed by atoms with van der Waals surface area (Å²) in [7, 11) is -3.91. The Morgan fingerprint density at radius 3 is 2.34 bits per heavy atom. The summed E-state index contributed by atoms with van der Waals surface area (Å²) < 4.78 is 82.3. The molecule has 2 aromatic carbocycles. The summed E-state index contributed by atoms with van der Waals surface area (Å²) in [6.07, 6.45) is -3.39. The van der Waals surface area contributed by atoms with Gasteiger partial charge in [-0.2, -0.15) is 18.3 Å². The zero-order valence-electron chi connectivity index (χ0n) is 18.8. The monoisotopic (exact) mass is 562 g/mol. The Labute approximate surface area is 215 Å². The average Bonchev–Trinajstić information content (AvgIpc) is 3.53. The first-order chi connectivity index (χ1) is 18.0. The molecule has 0 aliphatic carbocycles. The summed E-state index contributed by atoms with van der Waals surface area (Å²) in [6.45, 7) is 0. The summed E-state index contributed by atoms with van der Waals surface area (Å²) >= 11 is 1.10. The molecule has 5 aromatic rings. The molecule has 0 aliphatic rings. The van der Waals surface area contributed by atoms with Crippen LogP contribution in [0, 0.1) is 5.82 Å². The minimum atomic E-state index is -4.83. The molecule has 2 N–H and O–H groups in total. The van der Waals surface area contributed by atoms with E-state index in [2.05, 4.69) is 25.1 Å². The molecule has 0 fully saturated rings. The first-order valence-electron chi connectivity index (χ1n) is 10.6. The highest BCUT2D eigenvalue weighted by Crippen LogP contribution is 2.32. The van der Waals surface area contributed by atoms with Gasteiger partial charge in [0.1, 0.15) is 5.82 Å². The van der Waals surface area contributed by atoms with E-state index in [0.29, 0.717) is 4.52 Å². The molecule has 0 saturated carbocycles. The predicted octanol–water partition coefficient (Wildman–Crippen LogP) is 5.06. The molecule has 0 radical (unpaired) electrons. The van der Waals surface area contributed by atoms with Crippen LogP contribution in [0.15, 0.2) is 77.1 Å². The van der Waals surface area contributed by atoms with Gasteiger partial charge in [-0.3, -0.25) is 9.52 Å². The Balaban J connectivity index is 1.41. The Morgan fingerprint density at radius 2 is 1.71 bits per heavy atom. The molecular weight excluding hydrogens is 548 g/mol. The van der Waals surface area contributed by atoms with E-state index in [1.54, 1.807) is 5.38 Å². The van der Waals surface area contributed by atoms with Crippen molar-refractivity contribution in [3.05, 3.63) is 89.4 Å². The van der Waals surface area contributed by atoms with E-state index in [4.69, 9.17) is 0 Å². The van der Waals surface area contributed by atoms with Gasteiger partial charge in [0.05, 0.1) is 10.6 Å². The van der Waals surface area contributed by atoms with Crippen LogP contribution in [0.5, 0.6) is 0 Å². The average molecular weight is 563 g/mol. The number of anilines is 2. The molecule has 9 nitrogen and oxygen atoms in total. The van der Waals surface area contributed by atoms with Crippen molar-refractivity contribution in [3.8, 4) is 11.3 Å². The third-order valence-electron chi connectivity index (χ3n) is 5.17. The Kier molecular flexibility index (Phi) is 6.32. The smallest absolute Gasteiger partial charge is 0.321 e. The van der Waals surface area contributed by atoms with Crippen LogP contribution in [0.1, 0.15) is 16.2 Å². The number of carbonyl (C=O) groups excluding carboxylic acids is 1. The number of rotatable bonds is 6. The molecule has 194 valence electrons. The number of nitrogens with zero attached hydrogens (tertiary/aromatic N) is 4. The van der Waals surface area contributed by atoms with Crippen molar-refractivity contribution in [1.29, 1.82) is 0 Å². The number of halogens is 4. The van der Waals surface area contributed by atoms with Crippen LogP contribution in [0.3, 0.4) is 0 Å². The van der Waals surface area contributed by atoms with Gasteiger partial charge in [0, 0.05) is 28.9 Å². The van der Waals surface area contributed by atoms with Gasteiger partial charge in [-0.25, -0.2) is 27.3 Å². The van der Waals surface area contributed by atoms with Crippen molar-refractivity contribution in [2.75, 3.05) is 10.0 Å². The number of amides is 1. The van der Waals surface area contributed by atoms with Crippen LogP contribution in [0.2, 0.25) is 0 Å². The first-order valence-corrected chi connectivity index (χ1v) is 12.9. The van der Waals surface area contributed by atoms with E-state index in [0.717, 1.165) is 35.6 Å². The number of benzene rings is 2. The van der Waals surface area contributed by atoms with Gasteiger partial charge in [-0.1, -0.05) is 0 Å². The van der Waals surface area contributed by atoms with Gasteiger partial charge in [0.25, 0.3) is 15.9 Å². The normalized spacial score (nSPS) is 12.0. The van der Waals surface area contributed by atoms with E-state index in [9.17, 15) is 30.8 Å². The lowest BCUT2D eigenvalue weighted by Crippen LogP contribution is -2.16. The highest BCUT2D eigenvalue weighted by atomic mass is 32.2. The molecule has 5 rings (SSSR count). The molecule has 3 heterocycles. The fourth-order valence-electron chi connectivity index (χ4n) is 3.42. The molecule has 3 aromatic heterocycles. The number of aromatic nitrogens is 4. The standard InChI is InChI=1S/C23H14F4N6O3S2/c24-14-3-1-13(2-4-14)17-11-19(23(25,26)27)33-20(30-17)12-18(31-33)21(34)29-15-5-7-16(8-6-15)38(35,36)32-22-28-9-10-37-22/h1-12H,(H,28,32)(H,29,34). The number of alkyl halides is 3. The molecule has 0 saturated heterocycles. The summed E-state index contributed by atoms with van der Waals surface area (Å²) in [6, 6.07) is 11.7. The van der Waals surface area contributed by atoms with Crippen molar-refractivity contribution in [1.82, 2.24) is 19.6 Å². The summed E-state index contributed by atoms with van der Waals surface area (Å²) in [4.78, 5) is 20.7. The van der Waals surface area contributed by atoms with E-state index in [-0.39, 0.29) is 38.3 Å². The van der Waals surface area contributed by atoms with Crippen molar-refractivity contribution in [3.63, 3.8) is 0 Å². The maximum atomic E-state index is 13.8. The number of hydrogen-bond acceptors (Lipinski definition) is 7. The highest BCUT2D eigenvalue weighted by Gasteiger charge is 2.35. The zero-order valence-corrected chi connectivity index (χ0v) is 20.4. The van der Waals surface area contributed by atoms with Crippen LogP contribution < -0.4 is 10.0 Å². The second-order valence-electron chi connectivity index (χ2n) is 7.75. The van der Waals surface area contributed by atoms with Crippen molar-refractivity contribution in [2.45, 2.75) is 11.1 Å². The quantitative estimate of drug-likeness (QED) is 0.279. The van der Waals surface area contributed by atoms with Crippen LogP contribution in [-0.4, -0.2) is 33.9 Å². The number of sulfonamides is 1. The summed E-state index contributed by atoms with van der Waals surface area (Å²) in [5, 5.41) is 8.02. The Bertz CT molecular complexity index is 1740. The first kappa shape index (κ1) is 25.3. The maximum absolute atomic E-state index is 13.8. The number of fused-ring (bicyclic) bond motifs is 1. The third kappa shape index (κ3) is 5.19. The number of carbonyl (C=O) groups is 1. The minimum Gasteiger partial charge on any atom is -0.321 e. The molecule has 1 amide bonds. The van der Waals surface area contributed by atoms with Gasteiger partial charge in [0.15, 0.2) is 22.2 Å². The molecule has 0 aliphatic heterocycles. The highest BCUT2D eigenvalue weighted by molar-refractivity contribution is 7.93. The van der Waals surface area contributed by atoms with Gasteiger partial charge >= 0.3 is 6.18 Å². The Hall–Kier alpha value is -4.37. The fourth-order valence-corrected chi connectivity index (χ4v) is 5.20. The largest absolute Gasteiger partial charge is 0.433 e. The second kappa shape index (κ2) is 9.50. The number of thiazole rings is 1. The van der Waals surface area contributed by atoms with Gasteiger partial charge < -0.3 is 5.32 Å².